The van der Waals surface area contributed by atoms with Crippen LogP contribution in [0.15, 0.2) is 82.6 Å². The minimum Gasteiger partial charge on any atom is -0.493 e. The van der Waals surface area contributed by atoms with Crippen molar-refractivity contribution >= 4 is 29.2 Å². The number of anilines is 1. The molecule has 3 rings (SSSR count). The minimum absolute atomic E-state index is 0.0202. The van der Waals surface area contributed by atoms with Gasteiger partial charge in [-0.15, -0.1) is 0 Å². The van der Waals surface area contributed by atoms with Crippen molar-refractivity contribution in [1.29, 1.82) is 0 Å². The van der Waals surface area contributed by atoms with Crippen molar-refractivity contribution in [2.75, 3.05) is 11.9 Å². The number of hydrogen-bond donors (Lipinski definition) is 1. The first-order chi connectivity index (χ1) is 15.7. The van der Waals surface area contributed by atoms with Gasteiger partial charge in [0, 0.05) is 17.0 Å². The summed E-state index contributed by atoms with van der Waals surface area (Å²) in [6, 6.07) is 21.8. The predicted molar refractivity (Wildman–Crippen MR) is 129 cm³/mol. The minimum atomic E-state index is -0.587. The van der Waals surface area contributed by atoms with Gasteiger partial charge in [0.25, 0.3) is 5.69 Å². The van der Waals surface area contributed by atoms with Crippen LogP contribution in [-0.2, 0) is 11.2 Å². The van der Waals surface area contributed by atoms with Crippen LogP contribution in [0.3, 0.4) is 0 Å². The number of carbonyl (C=O) groups excluding carboxylic acids is 1. The van der Waals surface area contributed by atoms with Crippen LogP contribution in [0.25, 0.3) is 0 Å². The summed E-state index contributed by atoms with van der Waals surface area (Å²) < 4.78 is 11.0. The van der Waals surface area contributed by atoms with E-state index in [1.165, 1.54) is 17.8 Å². The largest absolute Gasteiger partial charge is 0.493 e. The third-order valence-electron chi connectivity index (χ3n) is 4.36. The Balaban J connectivity index is 1.62. The lowest BCUT2D eigenvalue weighted by Crippen LogP contribution is -2.27. The molecule has 1 N–H and O–H groups in total. The van der Waals surface area contributed by atoms with Gasteiger partial charge in [0.2, 0.25) is 0 Å². The molecule has 0 spiro atoms. The number of nitro benzene ring substituents is 1. The molecule has 0 radical (unpaired) electrons. The van der Waals surface area contributed by atoms with Crippen molar-refractivity contribution in [3.05, 3.63) is 88.5 Å². The van der Waals surface area contributed by atoms with Gasteiger partial charge in [0.15, 0.2) is 0 Å². The Morgan fingerprint density at radius 2 is 1.73 bits per heavy atom. The van der Waals surface area contributed by atoms with Crippen LogP contribution >= 0.6 is 11.8 Å². The number of nitrogens with one attached hydrogen (secondary N) is 1. The number of hydrogen-bond acceptors (Lipinski definition) is 6. The highest BCUT2D eigenvalue weighted by atomic mass is 32.2. The molecule has 0 atom stereocenters. The molecule has 172 valence electrons. The molecule has 0 saturated carbocycles. The van der Waals surface area contributed by atoms with Gasteiger partial charge < -0.3 is 9.47 Å². The van der Waals surface area contributed by atoms with Crippen LogP contribution in [0.4, 0.5) is 16.2 Å². The summed E-state index contributed by atoms with van der Waals surface area (Å²) in [6.07, 6.45) is 0.177. The van der Waals surface area contributed by atoms with Crippen LogP contribution in [0.5, 0.6) is 5.75 Å². The molecular weight excluding hydrogens is 440 g/mol. The Bertz CT molecular complexity index is 1100. The summed E-state index contributed by atoms with van der Waals surface area (Å²) >= 11 is 1.27. The second-order valence-corrected chi connectivity index (χ2v) is 9.34. The zero-order chi connectivity index (χ0) is 23.8. The summed E-state index contributed by atoms with van der Waals surface area (Å²) in [5.74, 6) is 0.457. The maximum Gasteiger partial charge on any atom is 0.412 e. The van der Waals surface area contributed by atoms with Crippen LogP contribution in [-0.4, -0.2) is 23.2 Å². The Morgan fingerprint density at radius 1 is 1.03 bits per heavy atom. The fraction of sp³-hybridized carbons (Fsp3) is 0.240. The molecule has 0 unspecified atom stereocenters. The first-order valence-corrected chi connectivity index (χ1v) is 11.2. The number of nitrogens with zero attached hydrogens (tertiary/aromatic N) is 1. The van der Waals surface area contributed by atoms with E-state index in [0.717, 1.165) is 16.9 Å². The molecule has 3 aromatic rings. The number of carbonyl (C=O) groups is 1. The van der Waals surface area contributed by atoms with Gasteiger partial charge in [-0.2, -0.15) is 0 Å². The molecule has 8 heteroatoms. The van der Waals surface area contributed by atoms with Gasteiger partial charge in [0.1, 0.15) is 11.4 Å². The van der Waals surface area contributed by atoms with Crippen molar-refractivity contribution in [2.45, 2.75) is 42.6 Å². The SMILES string of the molecule is CC(C)(C)OC(=O)Nc1ccc(Sc2ccc(OCCc3ccccc3)cc2[N+](=O)[O-])cc1. The number of rotatable bonds is 8. The van der Waals surface area contributed by atoms with E-state index in [1.54, 1.807) is 57.2 Å². The summed E-state index contributed by atoms with van der Waals surface area (Å²) in [6.45, 7) is 5.80. The van der Waals surface area contributed by atoms with Crippen molar-refractivity contribution in [3.63, 3.8) is 0 Å². The van der Waals surface area contributed by atoms with Crippen molar-refractivity contribution < 1.29 is 19.2 Å². The van der Waals surface area contributed by atoms with Gasteiger partial charge in [-0.25, -0.2) is 4.79 Å². The molecule has 33 heavy (non-hydrogen) atoms. The summed E-state index contributed by atoms with van der Waals surface area (Å²) in [4.78, 5) is 24.4. The number of nitro groups is 1. The summed E-state index contributed by atoms with van der Waals surface area (Å²) in [7, 11) is 0. The van der Waals surface area contributed by atoms with E-state index in [9.17, 15) is 14.9 Å². The quantitative estimate of drug-likeness (QED) is 0.293. The first-order valence-electron chi connectivity index (χ1n) is 10.4. The smallest absolute Gasteiger partial charge is 0.412 e. The summed E-state index contributed by atoms with van der Waals surface area (Å²) in [5.41, 5.74) is 1.11. The molecule has 3 aromatic carbocycles. The molecule has 1 amide bonds. The number of amides is 1. The van der Waals surface area contributed by atoms with Crippen LogP contribution in [0, 0.1) is 10.1 Å². The Morgan fingerprint density at radius 3 is 2.36 bits per heavy atom. The highest BCUT2D eigenvalue weighted by Crippen LogP contribution is 2.37. The van der Waals surface area contributed by atoms with E-state index >= 15 is 0 Å². The Kier molecular flexibility index (Phi) is 7.95. The van der Waals surface area contributed by atoms with Crippen molar-refractivity contribution in [2.24, 2.45) is 0 Å². The van der Waals surface area contributed by atoms with Gasteiger partial charge >= 0.3 is 6.09 Å². The lowest BCUT2D eigenvalue weighted by molar-refractivity contribution is -0.387. The second kappa shape index (κ2) is 10.9. The Hall–Kier alpha value is -3.52. The van der Waals surface area contributed by atoms with Gasteiger partial charge in [-0.3, -0.25) is 15.4 Å². The lowest BCUT2D eigenvalue weighted by Gasteiger charge is -2.19. The third-order valence-corrected chi connectivity index (χ3v) is 5.43. The van der Waals surface area contributed by atoms with Crippen molar-refractivity contribution in [1.82, 2.24) is 0 Å². The molecule has 0 heterocycles. The maximum atomic E-state index is 11.9. The van der Waals surface area contributed by atoms with E-state index < -0.39 is 16.6 Å². The molecule has 0 fully saturated rings. The highest BCUT2D eigenvalue weighted by Gasteiger charge is 2.18. The van der Waals surface area contributed by atoms with E-state index in [1.807, 2.05) is 30.3 Å². The monoisotopic (exact) mass is 466 g/mol. The van der Waals surface area contributed by atoms with E-state index in [4.69, 9.17) is 9.47 Å². The molecule has 0 bridgehead atoms. The number of ether oxygens (including phenoxy) is 2. The van der Waals surface area contributed by atoms with E-state index in [2.05, 4.69) is 5.32 Å². The fourth-order valence-electron chi connectivity index (χ4n) is 2.90. The molecule has 0 aliphatic heterocycles. The summed E-state index contributed by atoms with van der Waals surface area (Å²) in [5, 5.41) is 14.3. The molecule has 0 aromatic heterocycles. The average molecular weight is 467 g/mol. The van der Waals surface area contributed by atoms with E-state index in [0.29, 0.717) is 22.9 Å². The Labute approximate surface area is 197 Å². The van der Waals surface area contributed by atoms with Crippen LogP contribution < -0.4 is 10.1 Å². The van der Waals surface area contributed by atoms with Crippen molar-refractivity contribution in [3.8, 4) is 5.75 Å². The standard InChI is InChI=1S/C25H26N2O5S/c1-25(2,3)32-24(28)26-19-9-12-21(13-10-19)33-23-14-11-20(17-22(23)27(29)30)31-16-15-18-7-5-4-6-8-18/h4-14,17H,15-16H2,1-3H3,(H,26,28). The highest BCUT2D eigenvalue weighted by molar-refractivity contribution is 7.99. The van der Waals surface area contributed by atoms with Gasteiger partial charge in [-0.1, -0.05) is 42.1 Å². The fourth-order valence-corrected chi connectivity index (χ4v) is 3.80. The number of benzene rings is 3. The third kappa shape index (κ3) is 7.84. The van der Waals surface area contributed by atoms with Gasteiger partial charge in [0.05, 0.1) is 22.5 Å². The first kappa shape index (κ1) is 24.1. The molecular formula is C25H26N2O5S. The van der Waals surface area contributed by atoms with Crippen LogP contribution in [0.1, 0.15) is 26.3 Å². The van der Waals surface area contributed by atoms with E-state index in [-0.39, 0.29) is 5.69 Å². The second-order valence-electron chi connectivity index (χ2n) is 8.22. The average Bonchev–Trinajstić information content (AvgIpc) is 2.75. The zero-order valence-corrected chi connectivity index (χ0v) is 19.6. The van der Waals surface area contributed by atoms with Gasteiger partial charge in [-0.05, 0) is 62.7 Å². The maximum absolute atomic E-state index is 11.9. The molecule has 0 aliphatic carbocycles. The topological polar surface area (TPSA) is 90.7 Å². The lowest BCUT2D eigenvalue weighted by atomic mass is 10.2. The molecule has 0 aliphatic rings. The van der Waals surface area contributed by atoms with Crippen LogP contribution in [0.2, 0.25) is 0 Å². The normalized spacial score (nSPS) is 11.0. The molecule has 7 nitrogen and oxygen atoms in total. The zero-order valence-electron chi connectivity index (χ0n) is 18.7. The predicted octanol–water partition coefficient (Wildman–Crippen LogP) is 6.71. The molecule has 0 saturated heterocycles.